The number of rotatable bonds is 4. The molecule has 0 radical (unpaired) electrons. The monoisotopic (exact) mass is 363 g/mol. The Bertz CT molecular complexity index is 657. The number of carbonyl (C=O) groups excluding carboxylic acids is 2. The summed E-state index contributed by atoms with van der Waals surface area (Å²) in [6, 6.07) is -0.332. The van der Waals surface area contributed by atoms with E-state index in [2.05, 4.69) is 4.98 Å². The van der Waals surface area contributed by atoms with Crippen LogP contribution in [0.3, 0.4) is 0 Å². The van der Waals surface area contributed by atoms with Gasteiger partial charge >= 0.3 is 0 Å². The SMILES string of the molecule is CC(O)C1CCN(C(=O)[C@@H]2CC3(CC3)CN2C(=O)Cc2cscn2)C1. The van der Waals surface area contributed by atoms with Crippen LogP contribution in [0.25, 0.3) is 0 Å². The molecule has 1 saturated carbocycles. The molecule has 2 amide bonds. The van der Waals surface area contributed by atoms with Gasteiger partial charge in [-0.2, -0.15) is 0 Å². The van der Waals surface area contributed by atoms with E-state index in [0.29, 0.717) is 19.6 Å². The molecule has 3 atom stereocenters. The van der Waals surface area contributed by atoms with E-state index < -0.39 is 6.10 Å². The molecule has 6 nitrogen and oxygen atoms in total. The zero-order valence-electron chi connectivity index (χ0n) is 14.6. The van der Waals surface area contributed by atoms with Gasteiger partial charge in [0.2, 0.25) is 11.8 Å². The number of aromatic nitrogens is 1. The van der Waals surface area contributed by atoms with Crippen molar-refractivity contribution in [2.75, 3.05) is 19.6 Å². The third-order valence-electron chi connectivity index (χ3n) is 6.11. The van der Waals surface area contributed by atoms with Gasteiger partial charge in [0, 0.05) is 30.9 Å². The lowest BCUT2D eigenvalue weighted by molar-refractivity contribution is -0.143. The number of carbonyl (C=O) groups is 2. The first kappa shape index (κ1) is 17.0. The third-order valence-corrected chi connectivity index (χ3v) is 6.74. The highest BCUT2D eigenvalue weighted by atomic mass is 32.1. The van der Waals surface area contributed by atoms with E-state index in [1.54, 1.807) is 12.4 Å². The molecular weight excluding hydrogens is 338 g/mol. The van der Waals surface area contributed by atoms with Crippen LogP contribution in [0.15, 0.2) is 10.9 Å². The molecule has 1 N–H and O–H groups in total. The van der Waals surface area contributed by atoms with Crippen LogP contribution in [0.2, 0.25) is 0 Å². The highest BCUT2D eigenvalue weighted by Crippen LogP contribution is 2.55. The van der Waals surface area contributed by atoms with Crippen LogP contribution in [-0.2, 0) is 16.0 Å². The molecule has 3 aliphatic rings. The zero-order valence-corrected chi connectivity index (χ0v) is 15.4. The van der Waals surface area contributed by atoms with Gasteiger partial charge < -0.3 is 14.9 Å². The smallest absolute Gasteiger partial charge is 0.245 e. The van der Waals surface area contributed by atoms with Gasteiger partial charge in [0.15, 0.2) is 0 Å². The molecule has 1 spiro atoms. The van der Waals surface area contributed by atoms with E-state index in [1.807, 2.05) is 15.2 Å². The molecular formula is C18H25N3O3S. The highest BCUT2D eigenvalue weighted by Gasteiger charge is 2.55. The summed E-state index contributed by atoms with van der Waals surface area (Å²) >= 11 is 1.49. The van der Waals surface area contributed by atoms with Gasteiger partial charge in [-0.05, 0) is 38.0 Å². The van der Waals surface area contributed by atoms with Crippen molar-refractivity contribution in [2.45, 2.75) is 51.2 Å². The summed E-state index contributed by atoms with van der Waals surface area (Å²) in [5.74, 6) is 0.234. The maximum Gasteiger partial charge on any atom is 0.245 e. The van der Waals surface area contributed by atoms with Crippen LogP contribution < -0.4 is 0 Å². The lowest BCUT2D eigenvalue weighted by atomic mass is 10.0. The Labute approximate surface area is 151 Å². The summed E-state index contributed by atoms with van der Waals surface area (Å²) in [4.78, 5) is 33.8. The minimum Gasteiger partial charge on any atom is -0.393 e. The number of nitrogens with zero attached hydrogens (tertiary/aromatic N) is 3. The molecule has 1 aromatic heterocycles. The molecule has 3 fully saturated rings. The lowest BCUT2D eigenvalue weighted by Crippen LogP contribution is -2.47. The average molecular weight is 363 g/mol. The fraction of sp³-hybridized carbons (Fsp3) is 0.722. The van der Waals surface area contributed by atoms with E-state index in [4.69, 9.17) is 0 Å². The molecule has 136 valence electrons. The van der Waals surface area contributed by atoms with Crippen LogP contribution in [0.5, 0.6) is 0 Å². The quantitative estimate of drug-likeness (QED) is 0.875. The Hall–Kier alpha value is -1.47. The van der Waals surface area contributed by atoms with Crippen LogP contribution in [0.4, 0.5) is 0 Å². The van der Waals surface area contributed by atoms with Crippen molar-refractivity contribution in [1.29, 1.82) is 0 Å². The molecule has 2 aliphatic heterocycles. The molecule has 25 heavy (non-hydrogen) atoms. The molecule has 2 saturated heterocycles. The van der Waals surface area contributed by atoms with Gasteiger partial charge in [-0.15, -0.1) is 11.3 Å². The first-order valence-corrected chi connectivity index (χ1v) is 10.1. The first-order valence-electron chi connectivity index (χ1n) is 9.11. The van der Waals surface area contributed by atoms with E-state index in [1.165, 1.54) is 11.3 Å². The summed E-state index contributed by atoms with van der Waals surface area (Å²) in [5, 5.41) is 11.7. The average Bonchev–Trinajstić information content (AvgIpc) is 3.02. The Morgan fingerprint density at radius 1 is 1.48 bits per heavy atom. The van der Waals surface area contributed by atoms with E-state index in [9.17, 15) is 14.7 Å². The second-order valence-electron chi connectivity index (χ2n) is 7.97. The van der Waals surface area contributed by atoms with Gasteiger partial charge in [-0.25, -0.2) is 4.98 Å². The predicted octanol–water partition coefficient (Wildman–Crippen LogP) is 1.30. The van der Waals surface area contributed by atoms with Crippen molar-refractivity contribution >= 4 is 23.2 Å². The minimum absolute atomic E-state index is 0.0132. The number of thiazole rings is 1. The predicted molar refractivity (Wildman–Crippen MR) is 94.0 cm³/mol. The maximum absolute atomic E-state index is 13.1. The number of likely N-dealkylation sites (tertiary alicyclic amines) is 2. The molecule has 3 heterocycles. The largest absolute Gasteiger partial charge is 0.393 e. The standard InChI is InChI=1S/C18H25N3O3S/c1-12(22)13-2-5-20(8-13)17(24)15-7-18(3-4-18)10-21(15)16(23)6-14-9-25-11-19-14/h9,11-13,15,22H,2-8,10H2,1H3/t12?,13?,15-/m0/s1. The summed E-state index contributed by atoms with van der Waals surface area (Å²) in [6.45, 7) is 3.79. The molecule has 0 aromatic carbocycles. The summed E-state index contributed by atoms with van der Waals surface area (Å²) < 4.78 is 0. The Balaban J connectivity index is 1.46. The van der Waals surface area contributed by atoms with Crippen molar-refractivity contribution in [3.63, 3.8) is 0 Å². The van der Waals surface area contributed by atoms with Crippen LogP contribution in [0.1, 0.15) is 38.3 Å². The third kappa shape index (κ3) is 3.31. The topological polar surface area (TPSA) is 73.7 Å². The summed E-state index contributed by atoms with van der Waals surface area (Å²) in [5.41, 5.74) is 2.70. The Morgan fingerprint density at radius 3 is 2.88 bits per heavy atom. The van der Waals surface area contributed by atoms with Crippen LogP contribution >= 0.6 is 11.3 Å². The molecule has 4 rings (SSSR count). The number of aliphatic hydroxyl groups is 1. The highest BCUT2D eigenvalue weighted by molar-refractivity contribution is 7.07. The van der Waals surface area contributed by atoms with E-state index >= 15 is 0 Å². The first-order chi connectivity index (χ1) is 12.0. The second-order valence-corrected chi connectivity index (χ2v) is 8.69. The minimum atomic E-state index is -0.390. The number of hydrogen-bond acceptors (Lipinski definition) is 5. The summed E-state index contributed by atoms with van der Waals surface area (Å²) in [6.07, 6.45) is 3.76. The molecule has 1 aliphatic carbocycles. The van der Waals surface area contributed by atoms with Gasteiger partial charge in [0.05, 0.1) is 23.7 Å². The van der Waals surface area contributed by atoms with Crippen molar-refractivity contribution in [3.05, 3.63) is 16.6 Å². The fourth-order valence-corrected chi connectivity index (χ4v) is 4.81. The van der Waals surface area contributed by atoms with Gasteiger partial charge in [0.25, 0.3) is 0 Å². The molecule has 1 aromatic rings. The van der Waals surface area contributed by atoms with E-state index in [-0.39, 0.29) is 35.6 Å². The molecule has 0 bridgehead atoms. The van der Waals surface area contributed by atoms with Gasteiger partial charge in [-0.1, -0.05) is 0 Å². The van der Waals surface area contributed by atoms with Crippen molar-refractivity contribution < 1.29 is 14.7 Å². The fourth-order valence-electron chi connectivity index (χ4n) is 4.25. The molecule has 2 unspecified atom stereocenters. The van der Waals surface area contributed by atoms with Crippen LogP contribution in [-0.4, -0.2) is 63.5 Å². The number of amides is 2. The van der Waals surface area contributed by atoms with Crippen molar-refractivity contribution in [3.8, 4) is 0 Å². The van der Waals surface area contributed by atoms with Gasteiger partial charge in [-0.3, -0.25) is 9.59 Å². The van der Waals surface area contributed by atoms with Crippen molar-refractivity contribution in [2.24, 2.45) is 11.3 Å². The lowest BCUT2D eigenvalue weighted by Gasteiger charge is -2.28. The normalized spacial score (nSPS) is 28.6. The number of hydrogen-bond donors (Lipinski definition) is 1. The van der Waals surface area contributed by atoms with E-state index in [0.717, 1.165) is 31.4 Å². The maximum atomic E-state index is 13.1. The van der Waals surface area contributed by atoms with Crippen LogP contribution in [0, 0.1) is 11.3 Å². The zero-order chi connectivity index (χ0) is 17.6. The number of aliphatic hydroxyl groups excluding tert-OH is 1. The van der Waals surface area contributed by atoms with Crippen molar-refractivity contribution in [1.82, 2.24) is 14.8 Å². The molecule has 7 heteroatoms. The van der Waals surface area contributed by atoms with Gasteiger partial charge in [0.1, 0.15) is 6.04 Å². The second kappa shape index (κ2) is 6.36. The Kier molecular flexibility index (Phi) is 4.32. The summed E-state index contributed by atoms with van der Waals surface area (Å²) in [7, 11) is 0. The Morgan fingerprint density at radius 2 is 2.28 bits per heavy atom.